The first-order valence-corrected chi connectivity index (χ1v) is 12.4. The monoisotopic (exact) mass is 460 g/mol. The third-order valence-electron chi connectivity index (χ3n) is 7.10. The van der Waals surface area contributed by atoms with Gasteiger partial charge in [0.25, 0.3) is 0 Å². The van der Waals surface area contributed by atoms with Crippen molar-refractivity contribution in [2.45, 2.75) is 37.5 Å². The third-order valence-corrected chi connectivity index (χ3v) is 7.96. The lowest BCUT2D eigenvalue weighted by molar-refractivity contribution is -0.140. The van der Waals surface area contributed by atoms with E-state index in [1.165, 1.54) is 4.90 Å². The van der Waals surface area contributed by atoms with Crippen molar-refractivity contribution in [3.8, 4) is 0 Å². The van der Waals surface area contributed by atoms with Gasteiger partial charge >= 0.3 is 0 Å². The molecular weight excluding hydrogens is 432 g/mol. The van der Waals surface area contributed by atoms with Gasteiger partial charge in [-0.05, 0) is 54.4 Å². The van der Waals surface area contributed by atoms with Crippen molar-refractivity contribution < 1.29 is 14.7 Å². The number of carbonyl (C=O) groups excluding carboxylic acids is 2. The van der Waals surface area contributed by atoms with Gasteiger partial charge in [0.2, 0.25) is 11.8 Å². The largest absolute Gasteiger partial charge is 0.380 e. The lowest BCUT2D eigenvalue weighted by atomic mass is 9.72. The van der Waals surface area contributed by atoms with E-state index in [4.69, 9.17) is 0 Å². The Morgan fingerprint density at radius 2 is 1.48 bits per heavy atom. The molecule has 1 N–H and O–H groups in total. The number of aliphatic hydroxyl groups is 1. The second kappa shape index (κ2) is 9.21. The molecule has 6 heteroatoms. The second-order valence-corrected chi connectivity index (χ2v) is 9.96. The van der Waals surface area contributed by atoms with E-state index in [1.807, 2.05) is 78.2 Å². The van der Waals surface area contributed by atoms with Gasteiger partial charge in [-0.25, -0.2) is 0 Å². The molecule has 2 aliphatic rings. The Hall–Kier alpha value is -2.80. The topological polar surface area (TPSA) is 60.9 Å². The molecule has 0 spiro atoms. The fourth-order valence-electron chi connectivity index (χ4n) is 5.33. The highest BCUT2D eigenvalue weighted by Gasteiger charge is 2.46. The highest BCUT2D eigenvalue weighted by atomic mass is 32.1. The van der Waals surface area contributed by atoms with Crippen molar-refractivity contribution in [1.82, 2.24) is 9.80 Å². The first kappa shape index (κ1) is 22.0. The van der Waals surface area contributed by atoms with E-state index < -0.39 is 5.60 Å². The Balaban J connectivity index is 1.32. The lowest BCUT2D eigenvalue weighted by Crippen LogP contribution is -2.49. The van der Waals surface area contributed by atoms with Crippen LogP contribution in [0, 0.1) is 5.92 Å². The zero-order valence-electron chi connectivity index (χ0n) is 18.5. The zero-order chi connectivity index (χ0) is 22.8. The molecule has 2 fully saturated rings. The van der Waals surface area contributed by atoms with Gasteiger partial charge in [-0.2, -0.15) is 0 Å². The molecule has 3 heterocycles. The molecular formula is C27H28N2O3S. The molecule has 170 valence electrons. The maximum absolute atomic E-state index is 13.1. The minimum absolute atomic E-state index is 0.0213. The Morgan fingerprint density at radius 3 is 2.03 bits per heavy atom. The van der Waals surface area contributed by atoms with Crippen LogP contribution in [-0.2, 0) is 21.7 Å². The first-order valence-electron chi connectivity index (χ1n) is 11.5. The number of hydrogen-bond donors (Lipinski definition) is 1. The summed E-state index contributed by atoms with van der Waals surface area (Å²) < 4.78 is 0. The molecule has 0 saturated carbocycles. The molecule has 1 aromatic heterocycles. The summed E-state index contributed by atoms with van der Waals surface area (Å²) in [5, 5.41) is 14.0. The summed E-state index contributed by atoms with van der Waals surface area (Å²) in [5.74, 6) is -0.160. The molecule has 33 heavy (non-hydrogen) atoms. The van der Waals surface area contributed by atoms with E-state index in [9.17, 15) is 14.7 Å². The highest BCUT2D eigenvalue weighted by Crippen LogP contribution is 2.42. The molecule has 1 atom stereocenters. The maximum Gasteiger partial charge on any atom is 0.247 e. The summed E-state index contributed by atoms with van der Waals surface area (Å²) in [6.45, 7) is 1.73. The molecule has 0 aliphatic carbocycles. The minimum atomic E-state index is -1.09. The summed E-state index contributed by atoms with van der Waals surface area (Å²) in [6, 6.07) is 23.2. The Kier molecular flexibility index (Phi) is 6.15. The van der Waals surface area contributed by atoms with Gasteiger partial charge in [-0.3, -0.25) is 19.4 Å². The Labute approximate surface area is 198 Å². The van der Waals surface area contributed by atoms with Crippen molar-refractivity contribution in [3.63, 3.8) is 0 Å². The fourth-order valence-corrected chi connectivity index (χ4v) is 6.02. The van der Waals surface area contributed by atoms with Gasteiger partial charge in [0.1, 0.15) is 5.60 Å². The quantitative estimate of drug-likeness (QED) is 0.565. The zero-order valence-corrected chi connectivity index (χ0v) is 19.3. The van der Waals surface area contributed by atoms with Crippen LogP contribution in [0.1, 0.15) is 35.3 Å². The third kappa shape index (κ3) is 4.14. The van der Waals surface area contributed by atoms with Gasteiger partial charge in [-0.1, -0.05) is 66.7 Å². The predicted molar refractivity (Wildman–Crippen MR) is 128 cm³/mol. The van der Waals surface area contributed by atoms with Crippen molar-refractivity contribution in [3.05, 3.63) is 94.2 Å². The summed E-state index contributed by atoms with van der Waals surface area (Å²) in [4.78, 5) is 30.3. The number of benzene rings is 2. The normalized spacial score (nSPS) is 20.5. The van der Waals surface area contributed by atoms with E-state index in [0.29, 0.717) is 19.6 Å². The number of amides is 2. The Morgan fingerprint density at radius 1 is 0.879 bits per heavy atom. The van der Waals surface area contributed by atoms with Crippen LogP contribution in [0.25, 0.3) is 0 Å². The average Bonchev–Trinajstić information content (AvgIpc) is 3.49. The van der Waals surface area contributed by atoms with E-state index in [0.717, 1.165) is 28.8 Å². The number of piperidine rings is 1. The first-order chi connectivity index (χ1) is 16.1. The number of thiophene rings is 1. The van der Waals surface area contributed by atoms with Gasteiger partial charge in [-0.15, -0.1) is 11.3 Å². The molecule has 2 amide bonds. The predicted octanol–water partition coefficient (Wildman–Crippen LogP) is 4.02. The van der Waals surface area contributed by atoms with Gasteiger partial charge in [0.15, 0.2) is 0 Å². The van der Waals surface area contributed by atoms with E-state index in [-0.39, 0.29) is 30.2 Å². The summed E-state index contributed by atoms with van der Waals surface area (Å²) in [5.41, 5.74) is 0.697. The Bertz CT molecular complexity index is 1050. The molecule has 2 aliphatic heterocycles. The molecule has 0 bridgehead atoms. The molecule has 2 aromatic carbocycles. The number of hydrogen-bond acceptors (Lipinski definition) is 5. The van der Waals surface area contributed by atoms with Crippen LogP contribution in [0.15, 0.2) is 78.2 Å². The lowest BCUT2D eigenvalue weighted by Gasteiger charge is -2.43. The molecule has 5 nitrogen and oxygen atoms in total. The van der Waals surface area contributed by atoms with Crippen molar-refractivity contribution in [2.24, 2.45) is 5.92 Å². The van der Waals surface area contributed by atoms with Gasteiger partial charge < -0.3 is 5.11 Å². The van der Waals surface area contributed by atoms with Crippen LogP contribution in [0.2, 0.25) is 0 Å². The molecule has 2 saturated heterocycles. The van der Waals surface area contributed by atoms with Gasteiger partial charge in [0.05, 0.1) is 19.0 Å². The standard InChI is InChI=1S/C27H28N2O3S/c30-25-18-24(26(31)29(25)19-23-12-7-17-33-23)28-15-13-22(14-16-28)27(32,20-8-3-1-4-9-20)21-10-5-2-6-11-21/h1-12,17,22,24,32H,13-16,18-19H2/t24-/m0/s1. The van der Waals surface area contributed by atoms with Gasteiger partial charge in [0, 0.05) is 4.88 Å². The van der Waals surface area contributed by atoms with E-state index >= 15 is 0 Å². The van der Waals surface area contributed by atoms with Crippen molar-refractivity contribution in [1.29, 1.82) is 0 Å². The number of nitrogens with zero attached hydrogens (tertiary/aromatic N) is 2. The summed E-state index contributed by atoms with van der Waals surface area (Å²) in [7, 11) is 0. The van der Waals surface area contributed by atoms with Crippen LogP contribution in [0.4, 0.5) is 0 Å². The SMILES string of the molecule is O=C1C[C@H](N2CCC(C(O)(c3ccccc3)c3ccccc3)CC2)C(=O)N1Cc1cccs1. The van der Waals surface area contributed by atoms with Crippen molar-refractivity contribution >= 4 is 23.2 Å². The van der Waals surface area contributed by atoms with Crippen LogP contribution >= 0.6 is 11.3 Å². The van der Waals surface area contributed by atoms with E-state index in [2.05, 4.69) is 4.90 Å². The number of likely N-dealkylation sites (tertiary alicyclic amines) is 2. The van der Waals surface area contributed by atoms with Crippen LogP contribution in [-0.4, -0.2) is 45.9 Å². The minimum Gasteiger partial charge on any atom is -0.380 e. The summed E-state index contributed by atoms with van der Waals surface area (Å²) >= 11 is 1.56. The van der Waals surface area contributed by atoms with Crippen molar-refractivity contribution in [2.75, 3.05) is 13.1 Å². The molecule has 0 unspecified atom stereocenters. The molecule has 3 aromatic rings. The average molecular weight is 461 g/mol. The highest BCUT2D eigenvalue weighted by molar-refractivity contribution is 7.09. The summed E-state index contributed by atoms with van der Waals surface area (Å²) in [6.07, 6.45) is 1.75. The smallest absolute Gasteiger partial charge is 0.247 e. The number of carbonyl (C=O) groups is 2. The fraction of sp³-hybridized carbons (Fsp3) is 0.333. The van der Waals surface area contributed by atoms with Crippen LogP contribution < -0.4 is 0 Å². The van der Waals surface area contributed by atoms with Crippen LogP contribution in [0.3, 0.4) is 0 Å². The van der Waals surface area contributed by atoms with Crippen LogP contribution in [0.5, 0.6) is 0 Å². The second-order valence-electron chi connectivity index (χ2n) is 8.93. The van der Waals surface area contributed by atoms with E-state index in [1.54, 1.807) is 11.3 Å². The molecule has 0 radical (unpaired) electrons. The number of imide groups is 1. The maximum atomic E-state index is 13.1. The number of rotatable bonds is 6. The molecule has 5 rings (SSSR count).